The van der Waals surface area contributed by atoms with Gasteiger partial charge in [-0.25, -0.2) is 9.59 Å². The lowest BCUT2D eigenvalue weighted by atomic mass is 9.99. The second kappa shape index (κ2) is 7.12. The Balaban J connectivity index is 2.58. The van der Waals surface area contributed by atoms with Gasteiger partial charge in [0, 0.05) is 13.1 Å². The van der Waals surface area contributed by atoms with Crippen molar-refractivity contribution >= 4 is 18.0 Å². The summed E-state index contributed by atoms with van der Waals surface area (Å²) in [6, 6.07) is -1.35. The number of hydrogen-bond donors (Lipinski definition) is 2. The van der Waals surface area contributed by atoms with Gasteiger partial charge in [-0.3, -0.25) is 4.79 Å². The van der Waals surface area contributed by atoms with Crippen LogP contribution in [-0.4, -0.2) is 54.2 Å². The average Bonchev–Trinajstić information content (AvgIpc) is 2.92. The summed E-state index contributed by atoms with van der Waals surface area (Å²) in [4.78, 5) is 36.0. The largest absolute Gasteiger partial charge is 0.480 e. The molecule has 0 aromatic heterocycles. The third-order valence-corrected chi connectivity index (χ3v) is 3.77. The summed E-state index contributed by atoms with van der Waals surface area (Å²) in [5.74, 6) is -1.86. The van der Waals surface area contributed by atoms with Crippen molar-refractivity contribution in [3.05, 3.63) is 0 Å². The van der Waals surface area contributed by atoms with Gasteiger partial charge in [0.1, 0.15) is 6.04 Å². The van der Waals surface area contributed by atoms with Gasteiger partial charge >= 0.3 is 18.0 Å². The van der Waals surface area contributed by atoms with Crippen molar-refractivity contribution < 1.29 is 24.2 Å². The summed E-state index contributed by atoms with van der Waals surface area (Å²) in [5.41, 5.74) is 0. The summed E-state index contributed by atoms with van der Waals surface area (Å²) in [7, 11) is 1.31. The standard InChI is InChI=1S/C13H22N2O5/c1-4-8(2)10(11(16)17)14-13(19)15-6-5-9(7-15)12(18)20-3/h8-10H,4-7H2,1-3H3,(H,14,19)(H,16,17)/t8?,9?,10-/m0/s1. The number of carboxylic acids is 1. The van der Waals surface area contributed by atoms with Crippen molar-refractivity contribution in [1.82, 2.24) is 10.2 Å². The molecule has 0 radical (unpaired) electrons. The monoisotopic (exact) mass is 286 g/mol. The van der Waals surface area contributed by atoms with Gasteiger partial charge in [-0.1, -0.05) is 20.3 Å². The lowest BCUT2D eigenvalue weighted by molar-refractivity contribution is -0.145. The molecule has 0 aromatic rings. The SMILES string of the molecule is CCC(C)[C@H](NC(=O)N1CCC(C(=O)OC)C1)C(=O)O. The Labute approximate surface area is 118 Å². The van der Waals surface area contributed by atoms with Gasteiger partial charge in [0.05, 0.1) is 13.0 Å². The van der Waals surface area contributed by atoms with Crippen molar-refractivity contribution in [2.75, 3.05) is 20.2 Å². The van der Waals surface area contributed by atoms with Crippen LogP contribution in [0.2, 0.25) is 0 Å². The highest BCUT2D eigenvalue weighted by Crippen LogP contribution is 2.18. The van der Waals surface area contributed by atoms with E-state index >= 15 is 0 Å². The summed E-state index contributed by atoms with van der Waals surface area (Å²) < 4.78 is 4.65. The van der Waals surface area contributed by atoms with Gasteiger partial charge in [-0.05, 0) is 12.3 Å². The van der Waals surface area contributed by atoms with Crippen molar-refractivity contribution in [3.63, 3.8) is 0 Å². The Morgan fingerprint density at radius 1 is 1.45 bits per heavy atom. The van der Waals surface area contributed by atoms with Crippen LogP contribution in [0.5, 0.6) is 0 Å². The molecule has 114 valence electrons. The van der Waals surface area contributed by atoms with E-state index < -0.39 is 18.0 Å². The van der Waals surface area contributed by atoms with E-state index in [1.54, 1.807) is 6.92 Å². The molecule has 7 heteroatoms. The van der Waals surface area contributed by atoms with E-state index in [4.69, 9.17) is 5.11 Å². The van der Waals surface area contributed by atoms with E-state index in [2.05, 4.69) is 10.1 Å². The molecule has 3 atom stereocenters. The first-order chi connectivity index (χ1) is 9.40. The van der Waals surface area contributed by atoms with Gasteiger partial charge in [0.2, 0.25) is 0 Å². The fraction of sp³-hybridized carbons (Fsp3) is 0.769. The third-order valence-electron chi connectivity index (χ3n) is 3.77. The number of carbonyl (C=O) groups excluding carboxylic acids is 2. The highest BCUT2D eigenvalue weighted by atomic mass is 16.5. The minimum atomic E-state index is -1.04. The quantitative estimate of drug-likeness (QED) is 0.725. The zero-order valence-corrected chi connectivity index (χ0v) is 12.1. The van der Waals surface area contributed by atoms with Crippen LogP contribution in [0.3, 0.4) is 0 Å². The minimum Gasteiger partial charge on any atom is -0.480 e. The highest BCUT2D eigenvalue weighted by molar-refractivity contribution is 5.83. The number of methoxy groups -OCH3 is 1. The number of nitrogens with one attached hydrogen (secondary N) is 1. The Kier molecular flexibility index (Phi) is 5.79. The van der Waals surface area contributed by atoms with Gasteiger partial charge < -0.3 is 20.1 Å². The van der Waals surface area contributed by atoms with Gasteiger partial charge in [-0.15, -0.1) is 0 Å². The molecular formula is C13H22N2O5. The van der Waals surface area contributed by atoms with Crippen LogP contribution in [0.25, 0.3) is 0 Å². The number of carbonyl (C=O) groups is 3. The lowest BCUT2D eigenvalue weighted by Gasteiger charge is -2.24. The predicted octanol–water partition coefficient (Wildman–Crippen LogP) is 0.690. The van der Waals surface area contributed by atoms with Crippen LogP contribution in [0.1, 0.15) is 26.7 Å². The molecule has 1 saturated heterocycles. The third kappa shape index (κ3) is 3.85. The molecular weight excluding hydrogens is 264 g/mol. The van der Waals surface area contributed by atoms with E-state index in [0.29, 0.717) is 19.4 Å². The molecule has 1 fully saturated rings. The maximum Gasteiger partial charge on any atom is 0.326 e. The maximum absolute atomic E-state index is 12.0. The molecule has 2 unspecified atom stereocenters. The van der Waals surface area contributed by atoms with E-state index in [1.165, 1.54) is 12.0 Å². The van der Waals surface area contributed by atoms with Crippen LogP contribution >= 0.6 is 0 Å². The number of rotatable bonds is 5. The fourth-order valence-electron chi connectivity index (χ4n) is 2.21. The topological polar surface area (TPSA) is 95.9 Å². The van der Waals surface area contributed by atoms with Crippen LogP contribution in [0, 0.1) is 11.8 Å². The smallest absolute Gasteiger partial charge is 0.326 e. The molecule has 1 rings (SSSR count). The predicted molar refractivity (Wildman–Crippen MR) is 71.1 cm³/mol. The van der Waals surface area contributed by atoms with Crippen molar-refractivity contribution in [3.8, 4) is 0 Å². The van der Waals surface area contributed by atoms with E-state index in [9.17, 15) is 14.4 Å². The second-order valence-electron chi connectivity index (χ2n) is 5.11. The molecule has 0 aromatic carbocycles. The molecule has 1 aliphatic heterocycles. The molecule has 0 saturated carbocycles. The number of amides is 2. The molecule has 0 aliphatic carbocycles. The van der Waals surface area contributed by atoms with Crippen LogP contribution in [0.15, 0.2) is 0 Å². The first-order valence-corrected chi connectivity index (χ1v) is 6.76. The number of urea groups is 1. The normalized spacial score (nSPS) is 21.1. The molecule has 0 bridgehead atoms. The number of carboxylic acid groups (broad SMARTS) is 1. The Hall–Kier alpha value is -1.79. The highest BCUT2D eigenvalue weighted by Gasteiger charge is 2.34. The average molecular weight is 286 g/mol. The minimum absolute atomic E-state index is 0.157. The molecule has 2 N–H and O–H groups in total. The van der Waals surface area contributed by atoms with E-state index in [1.807, 2.05) is 6.92 Å². The molecule has 7 nitrogen and oxygen atoms in total. The summed E-state index contributed by atoms with van der Waals surface area (Å²) >= 11 is 0. The van der Waals surface area contributed by atoms with Crippen molar-refractivity contribution in [2.45, 2.75) is 32.7 Å². The van der Waals surface area contributed by atoms with Gasteiger partial charge in [0.25, 0.3) is 0 Å². The number of ether oxygens (including phenoxy) is 1. The number of hydrogen-bond acceptors (Lipinski definition) is 4. The lowest BCUT2D eigenvalue weighted by Crippen LogP contribution is -2.50. The first-order valence-electron chi connectivity index (χ1n) is 6.76. The van der Waals surface area contributed by atoms with Crippen LogP contribution in [0.4, 0.5) is 4.79 Å². The molecule has 20 heavy (non-hydrogen) atoms. The second-order valence-corrected chi connectivity index (χ2v) is 5.11. The van der Waals surface area contributed by atoms with Crippen molar-refractivity contribution in [1.29, 1.82) is 0 Å². The molecule has 1 heterocycles. The van der Waals surface area contributed by atoms with Gasteiger partial charge in [-0.2, -0.15) is 0 Å². The Morgan fingerprint density at radius 3 is 2.60 bits per heavy atom. The van der Waals surface area contributed by atoms with E-state index in [-0.39, 0.29) is 24.3 Å². The number of aliphatic carboxylic acids is 1. The van der Waals surface area contributed by atoms with Crippen LogP contribution < -0.4 is 5.32 Å². The zero-order chi connectivity index (χ0) is 15.3. The number of likely N-dealkylation sites (tertiary alicyclic amines) is 1. The summed E-state index contributed by atoms with van der Waals surface area (Å²) in [5, 5.41) is 11.7. The summed E-state index contributed by atoms with van der Waals surface area (Å²) in [6.45, 7) is 4.35. The fourth-order valence-corrected chi connectivity index (χ4v) is 2.21. The van der Waals surface area contributed by atoms with Crippen molar-refractivity contribution in [2.24, 2.45) is 11.8 Å². The Bertz CT molecular complexity index is 385. The van der Waals surface area contributed by atoms with Gasteiger partial charge in [0.15, 0.2) is 0 Å². The molecule has 1 aliphatic rings. The Morgan fingerprint density at radius 2 is 2.10 bits per heavy atom. The first kappa shape index (κ1) is 16.3. The maximum atomic E-state index is 12.0. The summed E-state index contributed by atoms with van der Waals surface area (Å²) in [6.07, 6.45) is 1.20. The van der Waals surface area contributed by atoms with Crippen LogP contribution in [-0.2, 0) is 14.3 Å². The molecule has 2 amide bonds. The number of esters is 1. The zero-order valence-electron chi connectivity index (χ0n) is 12.1. The number of nitrogens with zero attached hydrogens (tertiary/aromatic N) is 1. The van der Waals surface area contributed by atoms with E-state index in [0.717, 1.165) is 0 Å². The molecule has 0 spiro atoms.